The van der Waals surface area contributed by atoms with Crippen molar-refractivity contribution in [1.29, 1.82) is 0 Å². The van der Waals surface area contributed by atoms with Gasteiger partial charge in [0.25, 0.3) is 5.69 Å². The molecule has 4 aliphatic heterocycles. The van der Waals surface area contributed by atoms with E-state index in [0.717, 1.165) is 0 Å². The van der Waals surface area contributed by atoms with Gasteiger partial charge < -0.3 is 43.1 Å². The van der Waals surface area contributed by atoms with Crippen molar-refractivity contribution in [3.63, 3.8) is 0 Å². The number of ether oxygens (including phenoxy) is 8. The molecule has 168 valence electrons. The number of fused-ring (bicyclic) bond motifs is 2. The molecule has 0 amide bonds. The molecule has 4 aliphatic rings. The second-order valence-corrected chi connectivity index (χ2v) is 8.65. The van der Waals surface area contributed by atoms with Crippen molar-refractivity contribution in [2.24, 2.45) is 0 Å². The monoisotopic (exact) mass is 430 g/mol. The number of aromatic nitrogens is 2. The fourth-order valence-corrected chi connectivity index (χ4v) is 4.65. The number of hydrogen-bond donors (Lipinski definition) is 0. The summed E-state index contributed by atoms with van der Waals surface area (Å²) in [5, 5.41) is 16.6. The first kappa shape index (κ1) is 20.5. The molecule has 0 spiro atoms. The predicted octanol–water partition coefficient (Wildman–Crippen LogP) is 0.436. The number of hydrogen-bond acceptors (Lipinski definition) is 11. The summed E-state index contributed by atoms with van der Waals surface area (Å²) in [5.74, 6) is -1.70. The van der Waals surface area contributed by atoms with E-state index in [9.17, 15) is 5.21 Å². The molecule has 5 heterocycles. The molecule has 5 rings (SSSR count). The molecule has 4 saturated heterocycles. The Balaban J connectivity index is 1.50. The van der Waals surface area contributed by atoms with Gasteiger partial charge in [0.15, 0.2) is 36.4 Å². The molecule has 4 fully saturated rings. The third-order valence-electron chi connectivity index (χ3n) is 5.70. The topological polar surface area (TPSA) is 127 Å². The van der Waals surface area contributed by atoms with E-state index in [-0.39, 0.29) is 11.4 Å². The molecule has 0 saturated carbocycles. The second-order valence-electron chi connectivity index (χ2n) is 8.65. The summed E-state index contributed by atoms with van der Waals surface area (Å²) in [4.78, 5) is 0.295. The van der Waals surface area contributed by atoms with Crippen LogP contribution in [0.25, 0.3) is 0 Å². The standard InChI is InChI=1S/C18H26N2O10/c1-17(2)26-11-9(24-15(22-5)13(11)28-17)7-8(20(21)30-19-7)10-12-14(16(23-6)25-10)29-18(3,4)27-12/h9-16H,1-6H3/t9-,10-,11-,12-,13-,14-,15-,16-/m1/s1. The first-order valence-electron chi connectivity index (χ1n) is 9.81. The Morgan fingerprint density at radius 3 is 1.80 bits per heavy atom. The van der Waals surface area contributed by atoms with Crippen LogP contribution in [0.2, 0.25) is 0 Å². The SMILES string of the molecule is CO[C@@H]1O[C@H](c2no[n+]([O-])c2[C@H]2O[C@@H](OC)[C@@H]3OC(C)(C)O[C@@H]32)[C@H]2OC(C)(C)O[C@@H]12. The Hall–Kier alpha value is -1.38. The van der Waals surface area contributed by atoms with Gasteiger partial charge in [0.2, 0.25) is 5.69 Å². The maximum atomic E-state index is 12.6. The Labute approximate surface area is 172 Å². The summed E-state index contributed by atoms with van der Waals surface area (Å²) < 4.78 is 51.5. The lowest BCUT2D eigenvalue weighted by atomic mass is 10.0. The zero-order valence-corrected chi connectivity index (χ0v) is 17.6. The molecule has 0 radical (unpaired) electrons. The van der Waals surface area contributed by atoms with Crippen LogP contribution >= 0.6 is 0 Å². The van der Waals surface area contributed by atoms with Crippen LogP contribution in [-0.4, -0.2) is 67.9 Å². The van der Waals surface area contributed by atoms with Gasteiger partial charge in [0.05, 0.1) is 0 Å². The quantitative estimate of drug-likeness (QED) is 0.617. The van der Waals surface area contributed by atoms with Crippen molar-refractivity contribution in [2.45, 2.75) is 88.5 Å². The van der Waals surface area contributed by atoms with Crippen LogP contribution in [0.15, 0.2) is 4.63 Å². The highest BCUT2D eigenvalue weighted by Crippen LogP contribution is 2.49. The van der Waals surface area contributed by atoms with Crippen molar-refractivity contribution in [3.8, 4) is 0 Å². The maximum absolute atomic E-state index is 12.6. The lowest BCUT2D eigenvalue weighted by Crippen LogP contribution is -2.36. The van der Waals surface area contributed by atoms with Gasteiger partial charge in [0, 0.05) is 19.4 Å². The highest BCUT2D eigenvalue weighted by Gasteiger charge is 2.62. The smallest absolute Gasteiger partial charge is 0.255 e. The van der Waals surface area contributed by atoms with E-state index >= 15 is 0 Å². The molecule has 0 bridgehead atoms. The minimum absolute atomic E-state index is 0.111. The van der Waals surface area contributed by atoms with Gasteiger partial charge in [-0.05, 0) is 32.6 Å². The van der Waals surface area contributed by atoms with Crippen LogP contribution in [-0.2, 0) is 37.9 Å². The third-order valence-corrected chi connectivity index (χ3v) is 5.70. The maximum Gasteiger partial charge on any atom is 0.255 e. The third kappa shape index (κ3) is 3.06. The Kier molecular flexibility index (Phi) is 4.66. The van der Waals surface area contributed by atoms with Gasteiger partial charge in [-0.25, -0.2) is 0 Å². The van der Waals surface area contributed by atoms with Crippen LogP contribution < -0.4 is 4.90 Å². The molecule has 0 aromatic carbocycles. The molecular formula is C18H26N2O10. The molecule has 12 nitrogen and oxygen atoms in total. The first-order chi connectivity index (χ1) is 14.1. The minimum atomic E-state index is -0.859. The molecule has 0 N–H and O–H groups in total. The van der Waals surface area contributed by atoms with Crippen molar-refractivity contribution < 1.29 is 47.4 Å². The molecule has 12 heteroatoms. The predicted molar refractivity (Wildman–Crippen MR) is 92.4 cm³/mol. The molecule has 1 aromatic rings. The molecule has 8 atom stereocenters. The normalized spacial score (nSPS) is 43.8. The lowest BCUT2D eigenvalue weighted by Gasteiger charge is -2.24. The molecular weight excluding hydrogens is 404 g/mol. The van der Waals surface area contributed by atoms with Crippen LogP contribution in [0.3, 0.4) is 0 Å². The second kappa shape index (κ2) is 6.81. The van der Waals surface area contributed by atoms with E-state index in [0.29, 0.717) is 4.90 Å². The van der Waals surface area contributed by atoms with Gasteiger partial charge in [-0.2, -0.15) is 0 Å². The minimum Gasteiger partial charge on any atom is -0.359 e. The zero-order valence-electron chi connectivity index (χ0n) is 17.6. The fraction of sp³-hybridized carbons (Fsp3) is 0.889. The van der Waals surface area contributed by atoms with E-state index in [4.69, 9.17) is 42.5 Å². The number of methoxy groups -OCH3 is 2. The average molecular weight is 430 g/mol. The summed E-state index contributed by atoms with van der Waals surface area (Å²) >= 11 is 0. The Morgan fingerprint density at radius 1 is 0.800 bits per heavy atom. The molecule has 0 aliphatic carbocycles. The largest absolute Gasteiger partial charge is 0.359 e. The van der Waals surface area contributed by atoms with Gasteiger partial charge >= 0.3 is 0 Å². The van der Waals surface area contributed by atoms with E-state index in [2.05, 4.69) is 5.16 Å². The van der Waals surface area contributed by atoms with Crippen molar-refractivity contribution >= 4 is 0 Å². The average Bonchev–Trinajstić information content (AvgIpc) is 3.41. The van der Waals surface area contributed by atoms with Gasteiger partial charge in [0.1, 0.15) is 24.4 Å². The van der Waals surface area contributed by atoms with E-state index in [1.807, 2.05) is 0 Å². The lowest BCUT2D eigenvalue weighted by molar-refractivity contribution is -0.810. The van der Waals surface area contributed by atoms with Gasteiger partial charge in [-0.3, -0.25) is 4.63 Å². The summed E-state index contributed by atoms with van der Waals surface area (Å²) in [6, 6.07) is 0. The number of rotatable bonds is 4. The molecule has 0 unspecified atom stereocenters. The summed E-state index contributed by atoms with van der Waals surface area (Å²) in [7, 11) is 3.01. The van der Waals surface area contributed by atoms with Crippen LogP contribution in [0, 0.1) is 5.21 Å². The first-order valence-corrected chi connectivity index (χ1v) is 9.81. The van der Waals surface area contributed by atoms with Gasteiger partial charge in [-0.1, -0.05) is 0 Å². The highest BCUT2D eigenvalue weighted by molar-refractivity contribution is 5.19. The van der Waals surface area contributed by atoms with Crippen molar-refractivity contribution in [2.75, 3.05) is 14.2 Å². The summed E-state index contributed by atoms with van der Waals surface area (Å²) in [6.07, 6.45) is -5.20. The van der Waals surface area contributed by atoms with Crippen molar-refractivity contribution in [1.82, 2.24) is 5.16 Å². The zero-order chi connectivity index (χ0) is 21.4. The van der Waals surface area contributed by atoms with E-state index in [1.54, 1.807) is 27.7 Å². The van der Waals surface area contributed by atoms with Crippen LogP contribution in [0.4, 0.5) is 0 Å². The van der Waals surface area contributed by atoms with Crippen molar-refractivity contribution in [3.05, 3.63) is 16.6 Å². The summed E-state index contributed by atoms with van der Waals surface area (Å²) in [6.45, 7) is 7.17. The molecule has 1 aromatic heterocycles. The fourth-order valence-electron chi connectivity index (χ4n) is 4.65. The Morgan fingerprint density at radius 2 is 1.27 bits per heavy atom. The highest BCUT2D eigenvalue weighted by atomic mass is 16.8. The van der Waals surface area contributed by atoms with Crippen LogP contribution in [0.5, 0.6) is 0 Å². The van der Waals surface area contributed by atoms with E-state index in [1.165, 1.54) is 14.2 Å². The van der Waals surface area contributed by atoms with Gasteiger partial charge in [-0.15, -0.1) is 0 Å². The summed E-state index contributed by atoms with van der Waals surface area (Å²) in [5.41, 5.74) is 0.342. The molecule has 30 heavy (non-hydrogen) atoms. The number of nitrogens with zero attached hydrogens (tertiary/aromatic N) is 2. The Bertz CT molecular complexity index is 813. The van der Waals surface area contributed by atoms with Crippen LogP contribution in [0.1, 0.15) is 51.3 Å². The van der Waals surface area contributed by atoms with E-state index < -0.39 is 60.8 Å².